The van der Waals surface area contributed by atoms with E-state index in [4.69, 9.17) is 5.73 Å². The maximum absolute atomic E-state index is 11.9. The fourth-order valence-corrected chi connectivity index (χ4v) is 1.74. The van der Waals surface area contributed by atoms with Crippen molar-refractivity contribution >= 4 is 17.3 Å². The summed E-state index contributed by atoms with van der Waals surface area (Å²) in [5.74, 6) is -0.278. The number of nitrogens with one attached hydrogen (secondary N) is 1. The number of nitrogens with zero attached hydrogens (tertiary/aromatic N) is 1. The normalized spacial score (nSPS) is 11.2. The molecule has 0 aliphatic heterocycles. The number of benzene rings is 2. The minimum absolute atomic E-state index is 0.113. The number of nitrogen functional groups attached to an aromatic ring is 1. The monoisotopic (exact) mass is 269 g/mol. The first-order chi connectivity index (χ1) is 9.59. The number of para-hydroxylation sites is 2. The third-order valence-electron chi connectivity index (χ3n) is 2.82. The molecule has 5 heteroatoms. The van der Waals surface area contributed by atoms with Crippen LogP contribution in [0.4, 0.5) is 5.69 Å². The van der Waals surface area contributed by atoms with Gasteiger partial charge in [0.2, 0.25) is 0 Å². The average Bonchev–Trinajstić information content (AvgIpc) is 2.45. The molecule has 0 aliphatic rings. The first-order valence-corrected chi connectivity index (χ1v) is 6.07. The lowest BCUT2D eigenvalue weighted by Gasteiger charge is -2.06. The summed E-state index contributed by atoms with van der Waals surface area (Å²) in [6.45, 7) is 1.70. The molecular formula is C15H15N3O2. The van der Waals surface area contributed by atoms with Crippen molar-refractivity contribution in [3.05, 3.63) is 59.7 Å². The van der Waals surface area contributed by atoms with Gasteiger partial charge in [-0.05, 0) is 31.2 Å². The Kier molecular flexibility index (Phi) is 4.00. The Labute approximate surface area is 116 Å². The first kappa shape index (κ1) is 13.6. The van der Waals surface area contributed by atoms with Crippen LogP contribution in [0.2, 0.25) is 0 Å². The molecule has 102 valence electrons. The van der Waals surface area contributed by atoms with Gasteiger partial charge in [0.1, 0.15) is 5.75 Å². The molecule has 0 unspecified atom stereocenters. The van der Waals surface area contributed by atoms with Gasteiger partial charge in [0.25, 0.3) is 5.91 Å². The van der Waals surface area contributed by atoms with Gasteiger partial charge < -0.3 is 10.8 Å². The molecule has 0 saturated heterocycles. The fourth-order valence-electron chi connectivity index (χ4n) is 1.74. The van der Waals surface area contributed by atoms with Gasteiger partial charge in [-0.15, -0.1) is 0 Å². The van der Waals surface area contributed by atoms with Crippen LogP contribution >= 0.6 is 0 Å². The van der Waals surface area contributed by atoms with E-state index in [-0.39, 0.29) is 5.75 Å². The summed E-state index contributed by atoms with van der Waals surface area (Å²) in [6, 6.07) is 13.5. The van der Waals surface area contributed by atoms with Crippen molar-refractivity contribution in [3.8, 4) is 5.75 Å². The van der Waals surface area contributed by atoms with Crippen molar-refractivity contribution in [1.29, 1.82) is 0 Å². The second kappa shape index (κ2) is 5.88. The van der Waals surface area contributed by atoms with E-state index in [9.17, 15) is 9.90 Å². The smallest absolute Gasteiger partial charge is 0.273 e. The Morgan fingerprint density at radius 3 is 2.35 bits per heavy atom. The van der Waals surface area contributed by atoms with E-state index in [0.717, 1.165) is 0 Å². The minimum atomic E-state index is -0.391. The summed E-state index contributed by atoms with van der Waals surface area (Å²) >= 11 is 0. The Hall–Kier alpha value is -2.82. The summed E-state index contributed by atoms with van der Waals surface area (Å²) in [5, 5.41) is 13.7. The Bertz CT molecular complexity index is 666. The second-order valence-corrected chi connectivity index (χ2v) is 4.24. The Morgan fingerprint density at radius 1 is 1.10 bits per heavy atom. The minimum Gasteiger partial charge on any atom is -0.507 e. The van der Waals surface area contributed by atoms with Crippen LogP contribution in [0.3, 0.4) is 0 Å². The largest absolute Gasteiger partial charge is 0.507 e. The molecule has 0 bridgehead atoms. The summed E-state index contributed by atoms with van der Waals surface area (Å²) in [5.41, 5.74) is 9.96. The highest BCUT2D eigenvalue weighted by Crippen LogP contribution is 2.16. The van der Waals surface area contributed by atoms with Gasteiger partial charge in [-0.25, -0.2) is 5.43 Å². The summed E-state index contributed by atoms with van der Waals surface area (Å²) in [4.78, 5) is 11.9. The fraction of sp³-hybridized carbons (Fsp3) is 0.0667. The van der Waals surface area contributed by atoms with E-state index < -0.39 is 5.91 Å². The van der Waals surface area contributed by atoms with Gasteiger partial charge in [0.15, 0.2) is 0 Å². The van der Waals surface area contributed by atoms with Crippen LogP contribution in [-0.4, -0.2) is 16.7 Å². The first-order valence-electron chi connectivity index (χ1n) is 6.07. The van der Waals surface area contributed by atoms with E-state index >= 15 is 0 Å². The molecule has 0 atom stereocenters. The summed E-state index contributed by atoms with van der Waals surface area (Å²) < 4.78 is 0. The van der Waals surface area contributed by atoms with Gasteiger partial charge in [-0.2, -0.15) is 5.10 Å². The van der Waals surface area contributed by atoms with Crippen molar-refractivity contribution in [2.24, 2.45) is 5.10 Å². The van der Waals surface area contributed by atoms with Crippen molar-refractivity contribution < 1.29 is 9.90 Å². The zero-order chi connectivity index (χ0) is 14.5. The standard InChI is InChI=1S/C15H15N3O2/c1-10(11-6-3-5-9-14(11)19)17-18-15(20)12-7-2-4-8-13(12)16/h2-9,19H,16H2,1H3,(H,18,20)/b17-10+. The molecule has 0 fully saturated rings. The molecule has 0 radical (unpaired) electrons. The number of anilines is 1. The Balaban J connectivity index is 2.16. The van der Waals surface area contributed by atoms with Crippen LogP contribution in [0.5, 0.6) is 5.75 Å². The zero-order valence-electron chi connectivity index (χ0n) is 11.0. The maximum atomic E-state index is 11.9. The molecule has 2 rings (SSSR count). The van der Waals surface area contributed by atoms with E-state index in [2.05, 4.69) is 10.5 Å². The van der Waals surface area contributed by atoms with Crippen molar-refractivity contribution in [2.75, 3.05) is 5.73 Å². The number of carbonyl (C=O) groups excluding carboxylic acids is 1. The van der Waals surface area contributed by atoms with Crippen molar-refractivity contribution in [2.45, 2.75) is 6.92 Å². The predicted molar refractivity (Wildman–Crippen MR) is 78.6 cm³/mol. The topological polar surface area (TPSA) is 87.7 Å². The van der Waals surface area contributed by atoms with E-state index in [1.54, 1.807) is 55.5 Å². The van der Waals surface area contributed by atoms with E-state index in [1.165, 1.54) is 0 Å². The molecule has 1 amide bonds. The zero-order valence-corrected chi connectivity index (χ0v) is 11.0. The second-order valence-electron chi connectivity index (χ2n) is 4.24. The molecule has 5 nitrogen and oxygen atoms in total. The predicted octanol–water partition coefficient (Wildman–Crippen LogP) is 2.13. The lowest BCUT2D eigenvalue weighted by atomic mass is 10.1. The van der Waals surface area contributed by atoms with Crippen LogP contribution in [0.1, 0.15) is 22.8 Å². The molecule has 0 aliphatic carbocycles. The molecule has 4 N–H and O–H groups in total. The summed E-state index contributed by atoms with van der Waals surface area (Å²) in [6.07, 6.45) is 0. The number of phenols is 1. The number of hydrazone groups is 1. The van der Waals surface area contributed by atoms with Gasteiger partial charge in [0.05, 0.1) is 11.3 Å². The number of carbonyl (C=O) groups is 1. The molecule has 2 aromatic rings. The van der Waals surface area contributed by atoms with Crippen LogP contribution in [0.25, 0.3) is 0 Å². The number of rotatable bonds is 3. The lowest BCUT2D eigenvalue weighted by Crippen LogP contribution is -2.20. The lowest BCUT2D eigenvalue weighted by molar-refractivity contribution is 0.0955. The van der Waals surface area contributed by atoms with Crippen LogP contribution < -0.4 is 11.2 Å². The number of amides is 1. The van der Waals surface area contributed by atoms with Gasteiger partial charge >= 0.3 is 0 Å². The molecule has 0 heterocycles. The van der Waals surface area contributed by atoms with Crippen LogP contribution in [0, 0.1) is 0 Å². The third-order valence-corrected chi connectivity index (χ3v) is 2.82. The van der Waals surface area contributed by atoms with Gasteiger partial charge in [0, 0.05) is 11.3 Å². The number of nitrogens with two attached hydrogens (primary N) is 1. The van der Waals surface area contributed by atoms with Gasteiger partial charge in [-0.3, -0.25) is 4.79 Å². The Morgan fingerprint density at radius 2 is 1.70 bits per heavy atom. The van der Waals surface area contributed by atoms with Crippen LogP contribution in [-0.2, 0) is 0 Å². The number of phenolic OH excluding ortho intramolecular Hbond substituents is 1. The molecular weight excluding hydrogens is 254 g/mol. The molecule has 20 heavy (non-hydrogen) atoms. The number of aromatic hydroxyl groups is 1. The average molecular weight is 269 g/mol. The highest BCUT2D eigenvalue weighted by atomic mass is 16.3. The quantitative estimate of drug-likeness (QED) is 0.453. The number of hydrogen-bond acceptors (Lipinski definition) is 4. The maximum Gasteiger partial charge on any atom is 0.273 e. The third kappa shape index (κ3) is 2.95. The highest BCUT2D eigenvalue weighted by Gasteiger charge is 2.08. The van der Waals surface area contributed by atoms with Gasteiger partial charge in [-0.1, -0.05) is 24.3 Å². The highest BCUT2D eigenvalue weighted by molar-refractivity contribution is 6.03. The number of hydrogen-bond donors (Lipinski definition) is 3. The van der Waals surface area contributed by atoms with E-state index in [0.29, 0.717) is 22.5 Å². The van der Waals surface area contributed by atoms with Crippen molar-refractivity contribution in [3.63, 3.8) is 0 Å². The molecule has 0 spiro atoms. The molecule has 0 saturated carbocycles. The van der Waals surface area contributed by atoms with E-state index in [1.807, 2.05) is 0 Å². The van der Waals surface area contributed by atoms with Crippen molar-refractivity contribution in [1.82, 2.24) is 5.43 Å². The molecule has 2 aromatic carbocycles. The summed E-state index contributed by atoms with van der Waals surface area (Å²) in [7, 11) is 0. The molecule has 0 aromatic heterocycles. The van der Waals surface area contributed by atoms with Crippen LogP contribution in [0.15, 0.2) is 53.6 Å². The SMILES string of the molecule is C/C(=N\NC(=O)c1ccccc1N)c1ccccc1O.